The number of hydrogen-bond donors (Lipinski definition) is 1. The molecule has 0 atom stereocenters. The Morgan fingerprint density at radius 3 is 2.84 bits per heavy atom. The van der Waals surface area contributed by atoms with Crippen LogP contribution in [-0.2, 0) is 18.3 Å². The second-order valence-corrected chi connectivity index (χ2v) is 5.59. The minimum absolute atomic E-state index is 0.142. The SMILES string of the molecule is COCCNc1ccc(C(=O)N(C)Cc2cnn(C)c2)cc1[N+](=O)[O-]. The van der Waals surface area contributed by atoms with Gasteiger partial charge in [0.2, 0.25) is 0 Å². The number of nitrogens with zero attached hydrogens (tertiary/aromatic N) is 4. The number of amides is 1. The van der Waals surface area contributed by atoms with E-state index in [0.29, 0.717) is 25.4 Å². The summed E-state index contributed by atoms with van der Waals surface area (Å²) in [5.41, 5.74) is 1.35. The van der Waals surface area contributed by atoms with Gasteiger partial charge in [0.05, 0.1) is 17.7 Å². The van der Waals surface area contributed by atoms with Gasteiger partial charge in [-0.1, -0.05) is 0 Å². The monoisotopic (exact) mass is 347 g/mol. The molecule has 9 nitrogen and oxygen atoms in total. The van der Waals surface area contributed by atoms with E-state index in [1.807, 2.05) is 6.20 Å². The lowest BCUT2D eigenvalue weighted by molar-refractivity contribution is -0.384. The van der Waals surface area contributed by atoms with Gasteiger partial charge in [-0.3, -0.25) is 19.6 Å². The topological polar surface area (TPSA) is 103 Å². The summed E-state index contributed by atoms with van der Waals surface area (Å²) >= 11 is 0. The van der Waals surface area contributed by atoms with Crippen molar-refractivity contribution in [2.75, 3.05) is 32.6 Å². The second kappa shape index (κ2) is 8.25. The van der Waals surface area contributed by atoms with E-state index in [0.717, 1.165) is 5.56 Å². The summed E-state index contributed by atoms with van der Waals surface area (Å²) in [6.45, 7) is 1.23. The fourth-order valence-corrected chi connectivity index (χ4v) is 2.37. The number of hydrogen-bond acceptors (Lipinski definition) is 6. The fourth-order valence-electron chi connectivity index (χ4n) is 2.37. The van der Waals surface area contributed by atoms with Crippen LogP contribution in [0.15, 0.2) is 30.6 Å². The number of carbonyl (C=O) groups excluding carboxylic acids is 1. The predicted molar refractivity (Wildman–Crippen MR) is 92.5 cm³/mol. The number of carbonyl (C=O) groups is 1. The highest BCUT2D eigenvalue weighted by Gasteiger charge is 2.19. The lowest BCUT2D eigenvalue weighted by Gasteiger charge is -2.16. The summed E-state index contributed by atoms with van der Waals surface area (Å²) in [7, 11) is 4.99. The number of ether oxygens (including phenoxy) is 1. The number of nitro benzene ring substituents is 1. The van der Waals surface area contributed by atoms with E-state index in [1.54, 1.807) is 44.2 Å². The van der Waals surface area contributed by atoms with Gasteiger partial charge in [-0.15, -0.1) is 0 Å². The second-order valence-electron chi connectivity index (χ2n) is 5.59. The third-order valence-corrected chi connectivity index (χ3v) is 3.59. The van der Waals surface area contributed by atoms with Gasteiger partial charge in [-0.25, -0.2) is 0 Å². The molecule has 0 radical (unpaired) electrons. The standard InChI is InChI=1S/C16H21N5O4/c1-19(10-12-9-18-20(2)11-12)16(22)13-4-5-14(17-6-7-25-3)15(8-13)21(23)24/h4-5,8-9,11,17H,6-7,10H2,1-3H3. The summed E-state index contributed by atoms with van der Waals surface area (Å²) in [4.78, 5) is 24.8. The first-order chi connectivity index (χ1) is 11.9. The molecule has 2 aromatic rings. The van der Waals surface area contributed by atoms with Crippen molar-refractivity contribution in [2.24, 2.45) is 7.05 Å². The maximum absolute atomic E-state index is 12.5. The van der Waals surface area contributed by atoms with Crippen LogP contribution < -0.4 is 5.32 Å². The predicted octanol–water partition coefficient (Wildman–Crippen LogP) is 1.66. The number of anilines is 1. The highest BCUT2D eigenvalue weighted by atomic mass is 16.6. The van der Waals surface area contributed by atoms with Gasteiger partial charge in [-0.05, 0) is 12.1 Å². The van der Waals surface area contributed by atoms with E-state index >= 15 is 0 Å². The number of aryl methyl sites for hydroxylation is 1. The number of nitrogens with one attached hydrogen (secondary N) is 1. The van der Waals surface area contributed by atoms with Crippen molar-refractivity contribution in [1.82, 2.24) is 14.7 Å². The van der Waals surface area contributed by atoms with Crippen molar-refractivity contribution in [3.8, 4) is 0 Å². The van der Waals surface area contributed by atoms with Crippen LogP contribution in [0, 0.1) is 10.1 Å². The van der Waals surface area contributed by atoms with Crippen molar-refractivity contribution in [1.29, 1.82) is 0 Å². The molecule has 134 valence electrons. The van der Waals surface area contributed by atoms with Gasteiger partial charge < -0.3 is 15.0 Å². The van der Waals surface area contributed by atoms with Crippen molar-refractivity contribution < 1.29 is 14.5 Å². The zero-order valence-corrected chi connectivity index (χ0v) is 14.4. The molecule has 2 rings (SSSR count). The molecular weight excluding hydrogens is 326 g/mol. The van der Waals surface area contributed by atoms with Crippen molar-refractivity contribution in [2.45, 2.75) is 6.54 Å². The third kappa shape index (κ3) is 4.77. The van der Waals surface area contributed by atoms with Crippen LogP contribution >= 0.6 is 0 Å². The molecule has 1 aromatic carbocycles. The maximum atomic E-state index is 12.5. The van der Waals surface area contributed by atoms with Crippen LogP contribution in [0.3, 0.4) is 0 Å². The Kier molecular flexibility index (Phi) is 6.07. The number of nitro groups is 1. The number of rotatable bonds is 8. The van der Waals surface area contributed by atoms with Gasteiger partial charge in [0.15, 0.2) is 0 Å². The van der Waals surface area contributed by atoms with Crippen molar-refractivity contribution in [3.63, 3.8) is 0 Å². The third-order valence-electron chi connectivity index (χ3n) is 3.59. The first-order valence-electron chi connectivity index (χ1n) is 7.66. The minimum Gasteiger partial charge on any atom is -0.383 e. The molecule has 1 N–H and O–H groups in total. The maximum Gasteiger partial charge on any atom is 0.293 e. The van der Waals surface area contributed by atoms with Crippen LogP contribution in [0.25, 0.3) is 0 Å². The summed E-state index contributed by atoms with van der Waals surface area (Å²) in [5.74, 6) is -0.296. The molecule has 0 spiro atoms. The Morgan fingerprint density at radius 2 is 2.24 bits per heavy atom. The van der Waals surface area contributed by atoms with E-state index in [-0.39, 0.29) is 17.2 Å². The van der Waals surface area contributed by atoms with Crippen LogP contribution in [0.5, 0.6) is 0 Å². The number of benzene rings is 1. The lowest BCUT2D eigenvalue weighted by atomic mass is 10.1. The molecule has 0 unspecified atom stereocenters. The van der Waals surface area contributed by atoms with Crippen LogP contribution in [0.4, 0.5) is 11.4 Å². The van der Waals surface area contributed by atoms with E-state index in [9.17, 15) is 14.9 Å². The van der Waals surface area contributed by atoms with Gasteiger partial charge >= 0.3 is 0 Å². The molecule has 0 aliphatic rings. The minimum atomic E-state index is -0.507. The molecule has 0 saturated heterocycles. The number of methoxy groups -OCH3 is 1. The van der Waals surface area contributed by atoms with Crippen molar-refractivity contribution in [3.05, 3.63) is 51.8 Å². The lowest BCUT2D eigenvalue weighted by Crippen LogP contribution is -2.26. The molecule has 0 saturated carbocycles. The molecule has 9 heteroatoms. The molecular formula is C16H21N5O4. The summed E-state index contributed by atoms with van der Waals surface area (Å²) < 4.78 is 6.57. The molecule has 0 bridgehead atoms. The number of aromatic nitrogens is 2. The van der Waals surface area contributed by atoms with E-state index < -0.39 is 4.92 Å². The molecule has 1 aromatic heterocycles. The van der Waals surface area contributed by atoms with Crippen LogP contribution in [-0.4, -0.2) is 52.8 Å². The summed E-state index contributed by atoms with van der Waals surface area (Å²) in [5, 5.41) is 18.3. The molecule has 0 aliphatic heterocycles. The normalized spacial score (nSPS) is 10.5. The molecule has 0 fully saturated rings. The Bertz CT molecular complexity index is 759. The van der Waals surface area contributed by atoms with E-state index in [1.165, 1.54) is 11.0 Å². The average molecular weight is 347 g/mol. The Labute approximate surface area is 145 Å². The first kappa shape index (κ1) is 18.4. The zero-order valence-electron chi connectivity index (χ0n) is 14.4. The smallest absolute Gasteiger partial charge is 0.293 e. The van der Waals surface area contributed by atoms with Gasteiger partial charge in [0.1, 0.15) is 5.69 Å². The Morgan fingerprint density at radius 1 is 1.48 bits per heavy atom. The largest absolute Gasteiger partial charge is 0.383 e. The van der Waals surface area contributed by atoms with Crippen LogP contribution in [0.1, 0.15) is 15.9 Å². The van der Waals surface area contributed by atoms with E-state index in [4.69, 9.17) is 4.74 Å². The molecule has 1 amide bonds. The highest BCUT2D eigenvalue weighted by molar-refractivity contribution is 5.95. The van der Waals surface area contributed by atoms with E-state index in [2.05, 4.69) is 10.4 Å². The van der Waals surface area contributed by atoms with Gasteiger partial charge in [0, 0.05) is 57.7 Å². The Hall–Kier alpha value is -2.94. The summed E-state index contributed by atoms with van der Waals surface area (Å²) in [6, 6.07) is 4.40. The molecule has 1 heterocycles. The Balaban J connectivity index is 2.15. The van der Waals surface area contributed by atoms with Gasteiger partial charge in [0.25, 0.3) is 11.6 Å². The first-order valence-corrected chi connectivity index (χ1v) is 7.66. The quantitative estimate of drug-likeness (QED) is 0.442. The van der Waals surface area contributed by atoms with Gasteiger partial charge in [-0.2, -0.15) is 5.10 Å². The zero-order chi connectivity index (χ0) is 18.4. The highest BCUT2D eigenvalue weighted by Crippen LogP contribution is 2.26. The molecule has 0 aliphatic carbocycles. The van der Waals surface area contributed by atoms with Crippen molar-refractivity contribution >= 4 is 17.3 Å². The van der Waals surface area contributed by atoms with Crippen LogP contribution in [0.2, 0.25) is 0 Å². The summed E-state index contributed by atoms with van der Waals surface area (Å²) in [6.07, 6.45) is 3.49. The molecule has 25 heavy (non-hydrogen) atoms. The average Bonchev–Trinajstić information content (AvgIpc) is 2.99. The fraction of sp³-hybridized carbons (Fsp3) is 0.375.